The minimum absolute atomic E-state index is 1.14. The molecule has 61 heavy (non-hydrogen) atoms. The van der Waals surface area contributed by atoms with Crippen molar-refractivity contribution in [1.82, 2.24) is 9.13 Å². The van der Waals surface area contributed by atoms with Crippen LogP contribution in [-0.2, 0) is 0 Å². The van der Waals surface area contributed by atoms with E-state index in [1.165, 1.54) is 124 Å². The van der Waals surface area contributed by atoms with Crippen LogP contribution < -0.4 is 0 Å². The molecule has 0 saturated carbocycles. The molecule has 0 bridgehead atoms. The second-order valence-electron chi connectivity index (χ2n) is 16.4. The number of benzene rings is 11. The Morgan fingerprint density at radius 2 is 0.902 bits per heavy atom. The van der Waals surface area contributed by atoms with E-state index in [4.69, 9.17) is 0 Å². The van der Waals surface area contributed by atoms with Crippen molar-refractivity contribution in [3.05, 3.63) is 206 Å². The van der Waals surface area contributed by atoms with Gasteiger partial charge in [0.1, 0.15) is 0 Å². The molecule has 0 fully saturated rings. The first kappa shape index (κ1) is 33.1. The fraction of sp³-hybridized carbons (Fsp3) is 0. The summed E-state index contributed by atoms with van der Waals surface area (Å²) in [7, 11) is 0. The molecule has 0 N–H and O–H groups in total. The molecular weight excluding hydrogens is 757 g/mol. The molecule has 0 aliphatic carbocycles. The number of para-hydroxylation sites is 1. The van der Waals surface area contributed by atoms with Gasteiger partial charge in [0.15, 0.2) is 0 Å². The molecule has 0 amide bonds. The van der Waals surface area contributed by atoms with Gasteiger partial charge in [-0.05, 0) is 96.7 Å². The van der Waals surface area contributed by atoms with Crippen LogP contribution in [0, 0.1) is 0 Å². The van der Waals surface area contributed by atoms with Gasteiger partial charge >= 0.3 is 0 Å². The minimum Gasteiger partial charge on any atom is -0.309 e. The fourth-order valence-electron chi connectivity index (χ4n) is 10.5. The molecule has 282 valence electrons. The Kier molecular flexibility index (Phi) is 6.74. The van der Waals surface area contributed by atoms with Crippen LogP contribution in [0.4, 0.5) is 0 Å². The molecule has 11 aromatic carbocycles. The zero-order chi connectivity index (χ0) is 39.8. The molecule has 0 spiro atoms. The lowest BCUT2D eigenvalue weighted by Crippen LogP contribution is -1.97. The Balaban J connectivity index is 1.11. The van der Waals surface area contributed by atoms with Crippen LogP contribution in [0.15, 0.2) is 206 Å². The SMILES string of the molecule is c1ccc2c(-c3ccc(-n4c5ccccc5c5cc6c7c8ccccc8ccc7n(-c7cc8ccccc8c8sc9c%10ccccc%10ccc9c78)c6cc54)cc3)cccc2c1. The average molecular weight is 791 g/mol. The van der Waals surface area contributed by atoms with E-state index in [2.05, 4.69) is 215 Å². The highest BCUT2D eigenvalue weighted by Gasteiger charge is 2.23. The van der Waals surface area contributed by atoms with Crippen LogP contribution >= 0.6 is 11.3 Å². The second-order valence-corrected chi connectivity index (χ2v) is 17.4. The topological polar surface area (TPSA) is 9.86 Å². The molecule has 0 aliphatic rings. The van der Waals surface area contributed by atoms with Crippen LogP contribution in [0.2, 0.25) is 0 Å². The molecular formula is C58H34N2S. The number of hydrogen-bond acceptors (Lipinski definition) is 1. The Hall–Kier alpha value is -7.72. The summed E-state index contributed by atoms with van der Waals surface area (Å²) in [5.74, 6) is 0. The van der Waals surface area contributed by atoms with Gasteiger partial charge in [-0.3, -0.25) is 0 Å². The first-order valence-electron chi connectivity index (χ1n) is 21.0. The lowest BCUT2D eigenvalue weighted by molar-refractivity contribution is 1.17. The zero-order valence-electron chi connectivity index (χ0n) is 32.9. The summed E-state index contributed by atoms with van der Waals surface area (Å²) in [5.41, 5.74) is 9.64. The van der Waals surface area contributed by atoms with Gasteiger partial charge in [0, 0.05) is 47.4 Å². The van der Waals surface area contributed by atoms with Crippen molar-refractivity contribution in [2.24, 2.45) is 0 Å². The molecule has 0 unspecified atom stereocenters. The first-order chi connectivity index (χ1) is 30.3. The molecule has 0 atom stereocenters. The number of rotatable bonds is 3. The number of nitrogens with zero attached hydrogens (tertiary/aromatic N) is 2. The lowest BCUT2D eigenvalue weighted by atomic mass is 9.98. The lowest BCUT2D eigenvalue weighted by Gasteiger charge is -2.14. The molecule has 3 heterocycles. The fourth-order valence-corrected chi connectivity index (χ4v) is 11.9. The van der Waals surface area contributed by atoms with Crippen molar-refractivity contribution < 1.29 is 0 Å². The van der Waals surface area contributed by atoms with E-state index >= 15 is 0 Å². The summed E-state index contributed by atoms with van der Waals surface area (Å²) in [4.78, 5) is 0. The highest BCUT2D eigenvalue weighted by Crippen LogP contribution is 2.48. The van der Waals surface area contributed by atoms with Gasteiger partial charge in [-0.1, -0.05) is 164 Å². The van der Waals surface area contributed by atoms with Crippen LogP contribution in [0.1, 0.15) is 0 Å². The molecule has 0 aliphatic heterocycles. The summed E-state index contributed by atoms with van der Waals surface area (Å²) >= 11 is 1.93. The minimum atomic E-state index is 1.14. The first-order valence-corrected chi connectivity index (χ1v) is 21.8. The van der Waals surface area contributed by atoms with Gasteiger partial charge in [0.25, 0.3) is 0 Å². The van der Waals surface area contributed by atoms with E-state index in [0.29, 0.717) is 0 Å². The van der Waals surface area contributed by atoms with Crippen molar-refractivity contribution in [1.29, 1.82) is 0 Å². The molecule has 2 nitrogen and oxygen atoms in total. The van der Waals surface area contributed by atoms with Crippen molar-refractivity contribution in [2.45, 2.75) is 0 Å². The maximum atomic E-state index is 2.58. The van der Waals surface area contributed by atoms with E-state index in [9.17, 15) is 0 Å². The van der Waals surface area contributed by atoms with E-state index in [1.54, 1.807) is 0 Å². The van der Waals surface area contributed by atoms with Crippen LogP contribution in [0.5, 0.6) is 0 Å². The summed E-state index contributed by atoms with van der Waals surface area (Å²) in [6.07, 6.45) is 0. The Morgan fingerprint density at radius 3 is 1.70 bits per heavy atom. The van der Waals surface area contributed by atoms with Crippen molar-refractivity contribution >= 4 is 118 Å². The molecule has 3 heteroatoms. The molecule has 3 aromatic heterocycles. The van der Waals surface area contributed by atoms with Gasteiger partial charge in [0.05, 0.1) is 27.8 Å². The maximum absolute atomic E-state index is 2.58. The van der Waals surface area contributed by atoms with Crippen molar-refractivity contribution in [2.75, 3.05) is 0 Å². The largest absolute Gasteiger partial charge is 0.309 e. The summed E-state index contributed by atoms with van der Waals surface area (Å²) in [6, 6.07) is 76.7. The van der Waals surface area contributed by atoms with Gasteiger partial charge in [-0.15, -0.1) is 11.3 Å². The van der Waals surface area contributed by atoms with Crippen LogP contribution in [0.3, 0.4) is 0 Å². The van der Waals surface area contributed by atoms with Gasteiger partial charge in [-0.2, -0.15) is 0 Å². The summed E-state index contributed by atoms with van der Waals surface area (Å²) in [5, 5.41) is 17.8. The quantitative estimate of drug-likeness (QED) is 0.169. The number of aromatic nitrogens is 2. The third kappa shape index (κ3) is 4.61. The van der Waals surface area contributed by atoms with Crippen molar-refractivity contribution in [3.8, 4) is 22.5 Å². The van der Waals surface area contributed by atoms with Crippen LogP contribution in [0.25, 0.3) is 129 Å². The van der Waals surface area contributed by atoms with E-state index in [0.717, 1.165) is 5.69 Å². The smallest absolute Gasteiger partial charge is 0.0562 e. The Labute approximate surface area is 354 Å². The van der Waals surface area contributed by atoms with Crippen molar-refractivity contribution in [3.63, 3.8) is 0 Å². The Bertz CT molecular complexity index is 4160. The predicted molar refractivity (Wildman–Crippen MR) is 263 cm³/mol. The molecule has 14 aromatic rings. The normalized spacial score (nSPS) is 12.3. The van der Waals surface area contributed by atoms with Gasteiger partial charge in [0.2, 0.25) is 0 Å². The number of hydrogen-bond donors (Lipinski definition) is 0. The average Bonchev–Trinajstić information content (AvgIpc) is 3.99. The summed E-state index contributed by atoms with van der Waals surface area (Å²) < 4.78 is 7.72. The predicted octanol–water partition coefficient (Wildman–Crippen LogP) is 16.5. The molecule has 14 rings (SSSR count). The second kappa shape index (κ2) is 12.4. The third-order valence-corrected chi connectivity index (χ3v) is 14.5. The van der Waals surface area contributed by atoms with Crippen LogP contribution in [-0.4, -0.2) is 9.13 Å². The monoisotopic (exact) mass is 790 g/mol. The maximum Gasteiger partial charge on any atom is 0.0562 e. The highest BCUT2D eigenvalue weighted by molar-refractivity contribution is 7.27. The highest BCUT2D eigenvalue weighted by atomic mass is 32.1. The molecule has 0 saturated heterocycles. The summed E-state index contributed by atoms with van der Waals surface area (Å²) in [6.45, 7) is 0. The van der Waals surface area contributed by atoms with Gasteiger partial charge < -0.3 is 9.13 Å². The third-order valence-electron chi connectivity index (χ3n) is 13.2. The van der Waals surface area contributed by atoms with E-state index < -0.39 is 0 Å². The zero-order valence-corrected chi connectivity index (χ0v) is 33.7. The van der Waals surface area contributed by atoms with Gasteiger partial charge in [-0.25, -0.2) is 0 Å². The standard InChI is InChI=1S/C58H34N2S/c1-5-17-41-35(12-1)16-11-22-42(41)38-24-28-40(29-25-38)59-50-23-10-9-21-46(50)48-33-49-53(34-52(48)59)60(51-31-27-36-13-2-6-18-43(36)55(49)51)54-32-39-15-4-8-20-45(39)58-56(54)47-30-26-37-14-3-7-19-44(37)57(47)61-58/h1-34H. The number of thiophene rings is 1. The number of fused-ring (bicyclic) bond motifs is 16. The Morgan fingerprint density at radius 1 is 0.295 bits per heavy atom. The molecule has 0 radical (unpaired) electrons. The van der Waals surface area contributed by atoms with E-state index in [-0.39, 0.29) is 0 Å². The van der Waals surface area contributed by atoms with E-state index in [1.807, 2.05) is 11.3 Å².